The average molecular weight is 316 g/mol. The third kappa shape index (κ3) is 3.37. The van der Waals surface area contributed by atoms with Crippen molar-refractivity contribution < 1.29 is 27.9 Å². The highest BCUT2D eigenvalue weighted by Crippen LogP contribution is 2.27. The van der Waals surface area contributed by atoms with Gasteiger partial charge in [0.2, 0.25) is 0 Å². The second-order valence-electron chi connectivity index (χ2n) is 3.85. The number of carbonyl (C=O) groups excluding carboxylic acids is 1. The Balaban J connectivity index is 2.17. The number of thiophene rings is 1. The fourth-order valence-electron chi connectivity index (χ4n) is 1.46. The fourth-order valence-corrected chi connectivity index (χ4v) is 2.15. The van der Waals surface area contributed by atoms with Crippen molar-refractivity contribution in [2.45, 2.75) is 6.18 Å². The van der Waals surface area contributed by atoms with Crippen LogP contribution in [0, 0.1) is 0 Å². The number of hydrogen-bond acceptors (Lipinski definition) is 4. The van der Waals surface area contributed by atoms with Gasteiger partial charge in [0.25, 0.3) is 5.91 Å². The van der Waals surface area contributed by atoms with Gasteiger partial charge in [0.15, 0.2) is 0 Å². The third-order valence-corrected chi connectivity index (χ3v) is 3.33. The number of carbonyl (C=O) groups is 2. The summed E-state index contributed by atoms with van der Waals surface area (Å²) in [7, 11) is 0. The quantitative estimate of drug-likeness (QED) is 0.912. The van der Waals surface area contributed by atoms with Crippen molar-refractivity contribution in [3.05, 3.63) is 45.9 Å². The predicted octanol–water partition coefficient (Wildman–Crippen LogP) is 3.11. The Bertz CT molecular complexity index is 680. The Labute approximate surface area is 120 Å². The zero-order chi connectivity index (χ0) is 15.6. The summed E-state index contributed by atoms with van der Waals surface area (Å²) in [5.41, 5.74) is -1.14. The summed E-state index contributed by atoms with van der Waals surface area (Å²) in [4.78, 5) is 25.8. The lowest BCUT2D eigenvalue weighted by molar-refractivity contribution is -0.141. The van der Waals surface area contributed by atoms with Crippen molar-refractivity contribution in [1.82, 2.24) is 4.98 Å². The number of halogens is 3. The first-order chi connectivity index (χ1) is 9.79. The molecule has 0 unspecified atom stereocenters. The molecule has 0 radical (unpaired) electrons. The second-order valence-corrected chi connectivity index (χ2v) is 4.77. The van der Waals surface area contributed by atoms with Crippen LogP contribution in [0.3, 0.4) is 0 Å². The topological polar surface area (TPSA) is 79.3 Å². The fraction of sp³-hybridized carbons (Fsp3) is 0.0833. The molecule has 0 aliphatic carbocycles. The van der Waals surface area contributed by atoms with Crippen molar-refractivity contribution in [1.29, 1.82) is 0 Å². The number of aromatic carboxylic acids is 1. The van der Waals surface area contributed by atoms with Crippen molar-refractivity contribution in [2.24, 2.45) is 0 Å². The van der Waals surface area contributed by atoms with E-state index in [-0.39, 0.29) is 16.1 Å². The highest BCUT2D eigenvalue weighted by molar-refractivity contribution is 7.12. The zero-order valence-electron chi connectivity index (χ0n) is 10.1. The lowest BCUT2D eigenvalue weighted by Gasteiger charge is -2.07. The maximum atomic E-state index is 12.3. The molecule has 9 heteroatoms. The first kappa shape index (κ1) is 15.0. The lowest BCUT2D eigenvalue weighted by atomic mass is 10.2. The Morgan fingerprint density at radius 1 is 1.24 bits per heavy atom. The summed E-state index contributed by atoms with van der Waals surface area (Å²) in [5.74, 6) is -1.94. The number of aromatic nitrogens is 1. The van der Waals surface area contributed by atoms with Crippen LogP contribution in [-0.4, -0.2) is 22.0 Å². The number of anilines is 1. The van der Waals surface area contributed by atoms with Crippen molar-refractivity contribution in [3.63, 3.8) is 0 Å². The van der Waals surface area contributed by atoms with Crippen LogP contribution in [0.25, 0.3) is 0 Å². The number of carboxylic acids is 1. The minimum Gasteiger partial charge on any atom is -0.477 e. The normalized spacial score (nSPS) is 11.2. The molecule has 2 aromatic rings. The van der Waals surface area contributed by atoms with Crippen LogP contribution in [0.5, 0.6) is 0 Å². The smallest absolute Gasteiger partial charge is 0.433 e. The summed E-state index contributed by atoms with van der Waals surface area (Å²) in [5, 5.41) is 12.7. The Morgan fingerprint density at radius 3 is 2.48 bits per heavy atom. The van der Waals surface area contributed by atoms with E-state index in [4.69, 9.17) is 5.11 Å². The lowest BCUT2D eigenvalue weighted by Crippen LogP contribution is -2.15. The van der Waals surface area contributed by atoms with E-state index in [1.54, 1.807) is 0 Å². The summed E-state index contributed by atoms with van der Waals surface area (Å²) >= 11 is 0.922. The molecule has 0 aliphatic rings. The molecule has 0 saturated carbocycles. The molecule has 0 saturated heterocycles. The molecule has 0 atom stereocenters. The molecule has 0 aliphatic heterocycles. The first-order valence-electron chi connectivity index (χ1n) is 5.44. The van der Waals surface area contributed by atoms with E-state index in [1.165, 1.54) is 11.4 Å². The summed E-state index contributed by atoms with van der Waals surface area (Å²) in [6.07, 6.45) is -3.80. The molecule has 2 rings (SSSR count). The molecular formula is C12H7F3N2O3S. The monoisotopic (exact) mass is 316 g/mol. The largest absolute Gasteiger partial charge is 0.477 e. The van der Waals surface area contributed by atoms with Gasteiger partial charge in [-0.05, 0) is 23.6 Å². The molecule has 0 bridgehead atoms. The minimum absolute atomic E-state index is 0.0665. The maximum Gasteiger partial charge on any atom is 0.433 e. The van der Waals surface area contributed by atoms with E-state index < -0.39 is 23.7 Å². The molecule has 110 valence electrons. The standard InChI is InChI=1S/C12H7F3N2O3S/c13-12(14,15)8-2-1-6(5-16-8)10(18)17-7-3-4-21-9(7)11(19)20/h1-5H,(H,17,18)(H,19,20). The molecule has 2 heterocycles. The minimum atomic E-state index is -4.58. The van der Waals surface area contributed by atoms with Gasteiger partial charge in [-0.3, -0.25) is 9.78 Å². The van der Waals surface area contributed by atoms with E-state index in [0.29, 0.717) is 6.07 Å². The third-order valence-electron chi connectivity index (χ3n) is 2.42. The van der Waals surface area contributed by atoms with Crippen molar-refractivity contribution >= 4 is 28.9 Å². The highest BCUT2D eigenvalue weighted by Gasteiger charge is 2.32. The molecular weight excluding hydrogens is 309 g/mol. The zero-order valence-corrected chi connectivity index (χ0v) is 11.0. The van der Waals surface area contributed by atoms with Crippen LogP contribution in [0.15, 0.2) is 29.8 Å². The number of alkyl halides is 3. The molecule has 2 aromatic heterocycles. The van der Waals surface area contributed by atoms with Crippen LogP contribution in [0.1, 0.15) is 25.7 Å². The van der Waals surface area contributed by atoms with Crippen LogP contribution >= 0.6 is 11.3 Å². The molecule has 1 amide bonds. The Morgan fingerprint density at radius 2 is 1.95 bits per heavy atom. The Kier molecular flexibility index (Phi) is 3.94. The molecule has 5 nitrogen and oxygen atoms in total. The van der Waals surface area contributed by atoms with Gasteiger partial charge in [0, 0.05) is 6.20 Å². The van der Waals surface area contributed by atoms with Gasteiger partial charge in [0.05, 0.1) is 11.3 Å². The van der Waals surface area contributed by atoms with Crippen LogP contribution in [-0.2, 0) is 6.18 Å². The Hall–Kier alpha value is -2.42. The van der Waals surface area contributed by atoms with Gasteiger partial charge in [-0.25, -0.2) is 4.79 Å². The van der Waals surface area contributed by atoms with Crippen LogP contribution in [0.4, 0.5) is 18.9 Å². The second kappa shape index (κ2) is 5.52. The molecule has 21 heavy (non-hydrogen) atoms. The van der Waals surface area contributed by atoms with E-state index in [2.05, 4.69) is 10.3 Å². The van der Waals surface area contributed by atoms with E-state index >= 15 is 0 Å². The van der Waals surface area contributed by atoms with E-state index in [1.807, 2.05) is 0 Å². The summed E-state index contributed by atoms with van der Waals surface area (Å²) in [6, 6.07) is 3.04. The number of nitrogens with zero attached hydrogens (tertiary/aromatic N) is 1. The maximum absolute atomic E-state index is 12.3. The number of rotatable bonds is 3. The SMILES string of the molecule is O=C(Nc1ccsc1C(=O)O)c1ccc(C(F)(F)F)nc1. The van der Waals surface area contributed by atoms with Crippen molar-refractivity contribution in [3.8, 4) is 0 Å². The van der Waals surface area contributed by atoms with Gasteiger partial charge < -0.3 is 10.4 Å². The van der Waals surface area contributed by atoms with Crippen LogP contribution < -0.4 is 5.32 Å². The summed E-state index contributed by atoms with van der Waals surface area (Å²) < 4.78 is 37.0. The van der Waals surface area contributed by atoms with Gasteiger partial charge in [0.1, 0.15) is 10.6 Å². The predicted molar refractivity (Wildman–Crippen MR) is 68.5 cm³/mol. The molecule has 0 aromatic carbocycles. The van der Waals surface area contributed by atoms with Crippen molar-refractivity contribution in [2.75, 3.05) is 5.32 Å². The first-order valence-corrected chi connectivity index (χ1v) is 6.32. The molecule has 0 spiro atoms. The van der Waals surface area contributed by atoms with Gasteiger partial charge >= 0.3 is 12.1 Å². The molecule has 2 N–H and O–H groups in total. The number of amides is 1. The van der Waals surface area contributed by atoms with E-state index in [0.717, 1.165) is 23.6 Å². The van der Waals surface area contributed by atoms with Gasteiger partial charge in [-0.1, -0.05) is 0 Å². The summed E-state index contributed by atoms with van der Waals surface area (Å²) in [6.45, 7) is 0. The van der Waals surface area contributed by atoms with Crippen LogP contribution in [0.2, 0.25) is 0 Å². The highest BCUT2D eigenvalue weighted by atomic mass is 32.1. The average Bonchev–Trinajstić information content (AvgIpc) is 2.86. The van der Waals surface area contributed by atoms with E-state index in [9.17, 15) is 22.8 Å². The number of carboxylic acid groups (broad SMARTS) is 1. The number of nitrogens with one attached hydrogen (secondary N) is 1. The number of pyridine rings is 1. The molecule has 0 fully saturated rings. The van der Waals surface area contributed by atoms with Gasteiger partial charge in [-0.15, -0.1) is 11.3 Å². The number of hydrogen-bond donors (Lipinski definition) is 2. The van der Waals surface area contributed by atoms with Gasteiger partial charge in [-0.2, -0.15) is 13.2 Å².